The van der Waals surface area contributed by atoms with Crippen LogP contribution in [0.4, 0.5) is 19.2 Å². The van der Waals surface area contributed by atoms with Crippen molar-refractivity contribution in [3.63, 3.8) is 0 Å². The molecule has 0 saturated heterocycles. The van der Waals surface area contributed by atoms with Crippen molar-refractivity contribution in [1.82, 2.24) is 5.32 Å². The molecule has 1 N–H and O–H groups in total. The van der Waals surface area contributed by atoms with Crippen molar-refractivity contribution in [2.24, 2.45) is 0 Å². The monoisotopic (exact) mass is 675 g/mol. The molecule has 0 spiro atoms. The van der Waals surface area contributed by atoms with Gasteiger partial charge in [0.05, 0.1) is 42.1 Å². The summed E-state index contributed by atoms with van der Waals surface area (Å²) in [6.07, 6.45) is -1.46. The Morgan fingerprint density at radius 3 is 1.42 bits per heavy atom. The fourth-order valence-corrected chi connectivity index (χ4v) is 3.18. The average Bonchev–Trinajstić information content (AvgIpc) is 3.09. The predicted octanol–water partition coefficient (Wildman–Crippen LogP) is 3.20. The normalized spacial score (nSPS) is 11.0. The summed E-state index contributed by atoms with van der Waals surface area (Å²) in [5, 5.41) is 2.38. The van der Waals surface area contributed by atoms with Crippen LogP contribution in [-0.4, -0.2) is 90.7 Å². The molecule has 18 heteroatoms. The molecule has 256 valence electrons. The van der Waals surface area contributed by atoms with Gasteiger partial charge < -0.3 is 52.7 Å². The Bertz CT molecular complexity index is 1580. The molecule has 0 aliphatic carbocycles. The van der Waals surface area contributed by atoms with Gasteiger partial charge in [-0.05, 0) is 47.5 Å². The zero-order valence-electron chi connectivity index (χ0n) is 26.0. The minimum Gasteiger partial charge on any atom is -0.466 e. The van der Waals surface area contributed by atoms with Crippen LogP contribution in [0, 0.1) is 0 Å². The van der Waals surface area contributed by atoms with Gasteiger partial charge in [-0.2, -0.15) is 0 Å². The van der Waals surface area contributed by atoms with E-state index in [0.717, 1.165) is 47.7 Å². The van der Waals surface area contributed by atoms with Gasteiger partial charge in [0.15, 0.2) is 23.0 Å². The van der Waals surface area contributed by atoms with Crippen molar-refractivity contribution in [2.75, 3.05) is 42.1 Å². The molecule has 0 saturated carbocycles. The van der Waals surface area contributed by atoms with E-state index in [9.17, 15) is 33.6 Å². The van der Waals surface area contributed by atoms with E-state index in [0.29, 0.717) is 5.56 Å². The number of amides is 1. The lowest BCUT2D eigenvalue weighted by molar-refractivity contribution is -0.162. The average molecular weight is 676 g/mol. The highest BCUT2D eigenvalue weighted by Crippen LogP contribution is 2.31. The lowest BCUT2D eigenvalue weighted by Gasteiger charge is -2.15. The highest BCUT2D eigenvalue weighted by molar-refractivity contribution is 5.93. The zero-order chi connectivity index (χ0) is 35.6. The standard InChI is InChI=1S/C30H29NO17/c1-39-26(34)23(44-25(33)13-9-18-7-11-20(46-28(36)41-3)22(15-18)48-30(38)43-5)16-31-24(32)12-8-17-6-10-19(45-27(35)40-2)21(14-17)47-29(37)42-4/h6-15,23H,16H2,1-5H3,(H,31,32)/b12-8+,13-9+. The molecule has 0 aromatic heterocycles. The van der Waals surface area contributed by atoms with Crippen molar-refractivity contribution in [2.45, 2.75) is 6.10 Å². The van der Waals surface area contributed by atoms with Crippen molar-refractivity contribution in [1.29, 1.82) is 0 Å². The largest absolute Gasteiger partial charge is 0.513 e. The minimum atomic E-state index is -1.56. The summed E-state index contributed by atoms with van der Waals surface area (Å²) >= 11 is 0. The lowest BCUT2D eigenvalue weighted by Crippen LogP contribution is -2.39. The fraction of sp³-hybridized carbons (Fsp3) is 0.233. The highest BCUT2D eigenvalue weighted by atomic mass is 16.8. The van der Waals surface area contributed by atoms with Gasteiger partial charge in [-0.15, -0.1) is 0 Å². The third-order valence-corrected chi connectivity index (χ3v) is 5.40. The number of ether oxygens (including phenoxy) is 10. The van der Waals surface area contributed by atoms with E-state index < -0.39 is 55.1 Å². The van der Waals surface area contributed by atoms with Crippen molar-refractivity contribution < 1.29 is 80.9 Å². The first-order valence-electron chi connectivity index (χ1n) is 13.2. The van der Waals surface area contributed by atoms with E-state index in [1.54, 1.807) is 0 Å². The topological polar surface area (TPSA) is 224 Å². The van der Waals surface area contributed by atoms with Crippen molar-refractivity contribution >= 4 is 54.6 Å². The summed E-state index contributed by atoms with van der Waals surface area (Å²) in [4.78, 5) is 83.3. The Kier molecular flexibility index (Phi) is 14.9. The number of methoxy groups -OCH3 is 5. The molecule has 1 amide bonds. The lowest BCUT2D eigenvalue weighted by atomic mass is 10.2. The van der Waals surface area contributed by atoms with Crippen LogP contribution >= 0.6 is 0 Å². The zero-order valence-corrected chi connectivity index (χ0v) is 26.0. The molecule has 0 radical (unpaired) electrons. The van der Waals surface area contributed by atoms with Gasteiger partial charge in [0.25, 0.3) is 0 Å². The molecule has 2 rings (SSSR count). The summed E-state index contributed by atoms with van der Waals surface area (Å²) in [5.74, 6) is -3.57. The second-order valence-electron chi connectivity index (χ2n) is 8.50. The molecule has 2 aromatic rings. The van der Waals surface area contributed by atoms with Crippen molar-refractivity contribution in [3.05, 3.63) is 59.7 Å². The maximum Gasteiger partial charge on any atom is 0.513 e. The summed E-state index contributed by atoms with van der Waals surface area (Å²) in [5.41, 5.74) is 0.577. The Hall–Kier alpha value is -6.59. The first-order chi connectivity index (χ1) is 22.9. The Balaban J connectivity index is 2.10. The van der Waals surface area contributed by atoms with Crippen LogP contribution in [-0.2, 0) is 42.8 Å². The molecule has 1 unspecified atom stereocenters. The maximum atomic E-state index is 12.5. The first-order valence-corrected chi connectivity index (χ1v) is 13.2. The second-order valence-corrected chi connectivity index (χ2v) is 8.50. The van der Waals surface area contributed by atoms with E-state index >= 15 is 0 Å². The number of hydrogen-bond donors (Lipinski definition) is 1. The van der Waals surface area contributed by atoms with Crippen LogP contribution in [0.3, 0.4) is 0 Å². The van der Waals surface area contributed by atoms with Gasteiger partial charge >= 0.3 is 36.6 Å². The molecule has 0 fully saturated rings. The number of rotatable bonds is 12. The molecule has 2 aromatic carbocycles. The molecule has 1 atom stereocenters. The van der Waals surface area contributed by atoms with Crippen LogP contribution in [0.5, 0.6) is 23.0 Å². The van der Waals surface area contributed by atoms with Crippen LogP contribution in [0.15, 0.2) is 48.6 Å². The van der Waals surface area contributed by atoms with Crippen LogP contribution in [0.2, 0.25) is 0 Å². The van der Waals surface area contributed by atoms with Gasteiger partial charge in [0, 0.05) is 12.2 Å². The van der Waals surface area contributed by atoms with Crippen molar-refractivity contribution in [3.8, 4) is 23.0 Å². The number of esters is 2. The van der Waals surface area contributed by atoms with E-state index in [1.807, 2.05) is 0 Å². The molecule has 0 aliphatic rings. The summed E-state index contributed by atoms with van der Waals surface area (Å²) in [6, 6.07) is 7.81. The highest BCUT2D eigenvalue weighted by Gasteiger charge is 2.24. The van der Waals surface area contributed by atoms with Gasteiger partial charge in [0.1, 0.15) is 0 Å². The Morgan fingerprint density at radius 1 is 0.583 bits per heavy atom. The minimum absolute atomic E-state index is 0.176. The molecule has 0 aliphatic heterocycles. The van der Waals surface area contributed by atoms with Gasteiger partial charge in [-0.3, -0.25) is 4.79 Å². The van der Waals surface area contributed by atoms with E-state index in [2.05, 4.69) is 29.0 Å². The molecule has 48 heavy (non-hydrogen) atoms. The maximum absolute atomic E-state index is 12.5. The summed E-state index contributed by atoms with van der Waals surface area (Å²) < 4.78 is 47.2. The number of carbonyl (C=O) groups is 7. The quantitative estimate of drug-likeness (QED) is 0.147. The van der Waals surface area contributed by atoms with Gasteiger partial charge in [0.2, 0.25) is 12.0 Å². The second kappa shape index (κ2) is 19.0. The number of nitrogens with one attached hydrogen (secondary N) is 1. The SMILES string of the molecule is COC(=O)Oc1ccc(/C=C/C(=O)NCC(OC(=O)/C=C/c2ccc(OC(=O)OC)c(OC(=O)OC)c2)C(=O)OC)cc1OC(=O)OC. The van der Waals surface area contributed by atoms with Gasteiger partial charge in [-0.25, -0.2) is 28.8 Å². The van der Waals surface area contributed by atoms with Crippen LogP contribution in [0.1, 0.15) is 11.1 Å². The molecular formula is C30H29NO17. The van der Waals surface area contributed by atoms with E-state index in [4.69, 9.17) is 23.7 Å². The molecule has 0 heterocycles. The van der Waals surface area contributed by atoms with E-state index in [1.165, 1.54) is 48.6 Å². The summed E-state index contributed by atoms with van der Waals surface area (Å²) in [7, 11) is 5.32. The van der Waals surface area contributed by atoms with Gasteiger partial charge in [-0.1, -0.05) is 12.1 Å². The first kappa shape index (κ1) is 37.6. The van der Waals surface area contributed by atoms with Crippen LogP contribution in [0.25, 0.3) is 12.2 Å². The third kappa shape index (κ3) is 12.4. The third-order valence-electron chi connectivity index (χ3n) is 5.40. The smallest absolute Gasteiger partial charge is 0.466 e. The Labute approximate surface area is 271 Å². The fourth-order valence-electron chi connectivity index (χ4n) is 3.18. The number of hydrogen-bond acceptors (Lipinski definition) is 17. The molecule has 0 bridgehead atoms. The molecule has 18 nitrogen and oxygen atoms in total. The molecular weight excluding hydrogens is 646 g/mol. The number of carbonyl (C=O) groups excluding carboxylic acids is 7. The van der Waals surface area contributed by atoms with E-state index in [-0.39, 0.29) is 28.6 Å². The Morgan fingerprint density at radius 2 is 1.00 bits per heavy atom. The predicted molar refractivity (Wildman–Crippen MR) is 158 cm³/mol. The summed E-state index contributed by atoms with van der Waals surface area (Å²) in [6.45, 7) is -0.491. The van der Waals surface area contributed by atoms with Crippen LogP contribution < -0.4 is 24.3 Å². The number of benzene rings is 2.